The molecule has 4 N–H and O–H groups in total. The van der Waals surface area contributed by atoms with Gasteiger partial charge in [0.2, 0.25) is 0 Å². The van der Waals surface area contributed by atoms with E-state index < -0.39 is 9.05 Å². The second kappa shape index (κ2) is 6.37. The molecule has 0 aromatic carbocycles. The van der Waals surface area contributed by atoms with Crippen LogP contribution in [0.3, 0.4) is 0 Å². The van der Waals surface area contributed by atoms with E-state index in [4.69, 9.17) is 19.2 Å². The Balaban J connectivity index is -0.0000000800. The third-order valence-corrected chi connectivity index (χ3v) is 0. The molecule has 0 aromatic rings. The van der Waals surface area contributed by atoms with Gasteiger partial charge in [0.25, 0.3) is 0 Å². The average Bonchev–Trinajstić information content (AvgIpc) is 0.722. The molecule has 0 saturated carbocycles. The van der Waals surface area contributed by atoms with Crippen LogP contribution in [-0.2, 0) is 21.7 Å². The van der Waals surface area contributed by atoms with Crippen LogP contribution in [-0.4, -0.2) is 73.7 Å². The van der Waals surface area contributed by atoms with Crippen LogP contribution in [0.5, 0.6) is 0 Å². The molecule has 4 nitrogen and oxygen atoms in total. The molecular formula is H6O4SiSrTi. The molecule has 0 bridgehead atoms. The van der Waals surface area contributed by atoms with E-state index >= 15 is 0 Å². The summed E-state index contributed by atoms with van der Waals surface area (Å²) in [7, 11) is -4.61. The van der Waals surface area contributed by atoms with Crippen LogP contribution >= 0.6 is 0 Å². The first-order valence-corrected chi connectivity index (χ1v) is 2.68. The fraction of sp³-hybridized carbons (Fsp3) is 0. The van der Waals surface area contributed by atoms with E-state index in [2.05, 4.69) is 0 Å². The van der Waals surface area contributed by atoms with E-state index in [0.29, 0.717) is 0 Å². The minimum absolute atomic E-state index is 0. The largest absolute Gasteiger partial charge is 0 e. The zero-order chi connectivity index (χ0) is 4.50. The molecule has 0 heterocycles. The topological polar surface area (TPSA) is 80.9 Å². The van der Waals surface area contributed by atoms with Gasteiger partial charge in [-0.15, -0.1) is 0 Å². The van der Waals surface area contributed by atoms with Crippen molar-refractivity contribution in [3.05, 3.63) is 0 Å². The summed E-state index contributed by atoms with van der Waals surface area (Å²) in [4.78, 5) is 29.3. The minimum atomic E-state index is -4.61. The fourth-order valence-corrected chi connectivity index (χ4v) is 0. The van der Waals surface area contributed by atoms with Crippen LogP contribution in [0.4, 0.5) is 0 Å². The molecule has 0 aliphatic heterocycles. The third-order valence-electron chi connectivity index (χ3n) is 0. The summed E-state index contributed by atoms with van der Waals surface area (Å²) < 4.78 is 0. The number of hydrogen-bond donors (Lipinski definition) is 4. The van der Waals surface area contributed by atoms with Crippen molar-refractivity contribution in [3.63, 3.8) is 0 Å². The summed E-state index contributed by atoms with van der Waals surface area (Å²) in [5.41, 5.74) is 0. The Morgan fingerprint density at radius 1 is 0.857 bits per heavy atom. The Hall–Kier alpha value is 2.25. The first-order chi connectivity index (χ1) is 2.00. The molecule has 0 fully saturated rings. The molecular weight excluding hydrogens is 228 g/mol. The van der Waals surface area contributed by atoms with Gasteiger partial charge in [0.15, 0.2) is 0 Å². The number of rotatable bonds is 0. The van der Waals surface area contributed by atoms with E-state index in [1.54, 1.807) is 0 Å². The van der Waals surface area contributed by atoms with Gasteiger partial charge in [-0.3, -0.25) is 0 Å². The summed E-state index contributed by atoms with van der Waals surface area (Å²) in [5.74, 6) is 0. The monoisotopic (exact) mass is 234 g/mol. The number of hydrogen-bond acceptors (Lipinski definition) is 4. The van der Waals surface area contributed by atoms with Crippen molar-refractivity contribution in [2.75, 3.05) is 0 Å². The van der Waals surface area contributed by atoms with Gasteiger partial charge in [0, 0.05) is 21.7 Å². The summed E-state index contributed by atoms with van der Waals surface area (Å²) in [6.07, 6.45) is 0. The second-order valence-corrected chi connectivity index (χ2v) is 1.80. The van der Waals surface area contributed by atoms with Gasteiger partial charge < -0.3 is 19.2 Å². The van der Waals surface area contributed by atoms with Gasteiger partial charge in [-0.05, 0) is 0 Å². The predicted molar refractivity (Wildman–Crippen MR) is 23.2 cm³/mol. The van der Waals surface area contributed by atoms with Crippen LogP contribution in [0.25, 0.3) is 0 Å². The summed E-state index contributed by atoms with van der Waals surface area (Å²) in [6, 6.07) is 0. The smallest absolute Gasteiger partial charge is 0 e. The van der Waals surface area contributed by atoms with Gasteiger partial charge in [0.05, 0.1) is 0 Å². The molecule has 0 rings (SSSR count). The summed E-state index contributed by atoms with van der Waals surface area (Å²) >= 11 is 0. The quantitative estimate of drug-likeness (QED) is 0.327. The van der Waals surface area contributed by atoms with Crippen LogP contribution in [0.15, 0.2) is 0 Å². The van der Waals surface area contributed by atoms with Crippen molar-refractivity contribution in [1.82, 2.24) is 0 Å². The molecule has 7 heteroatoms. The van der Waals surface area contributed by atoms with Gasteiger partial charge in [-0.2, -0.15) is 0 Å². The average molecular weight is 234 g/mol. The minimum Gasteiger partial charge on any atom is 0 e. The maximum absolute atomic E-state index is 7.33. The molecule has 0 saturated heterocycles. The van der Waals surface area contributed by atoms with Crippen molar-refractivity contribution in [2.45, 2.75) is 0 Å². The van der Waals surface area contributed by atoms with Crippen molar-refractivity contribution >= 4 is 54.5 Å². The first-order valence-electron chi connectivity index (χ1n) is 0.894. The Labute approximate surface area is 93.8 Å². The molecule has 0 spiro atoms. The zero-order valence-corrected chi connectivity index (χ0v) is 5.35. The van der Waals surface area contributed by atoms with E-state index in [9.17, 15) is 0 Å². The standard InChI is InChI=1S/H4O4Si.Sr.Ti.2H/c1-5(2,3)4;;;;/h1-4H;;;;. The van der Waals surface area contributed by atoms with Crippen molar-refractivity contribution in [1.29, 1.82) is 0 Å². The fourth-order valence-electron chi connectivity index (χ4n) is 0. The van der Waals surface area contributed by atoms with Crippen LogP contribution in [0.2, 0.25) is 0 Å². The SMILES string of the molecule is O[Si](O)(O)O.[SrH2].[Ti]. The first kappa shape index (κ1) is 16.1. The maximum atomic E-state index is 7.33. The summed E-state index contributed by atoms with van der Waals surface area (Å²) in [5, 5.41) is 0. The Kier molecular flexibility index (Phi) is 14.7. The molecule has 0 atom stereocenters. The molecule has 0 radical (unpaired) electrons. The molecule has 0 aromatic heterocycles. The van der Waals surface area contributed by atoms with Crippen LogP contribution in [0, 0.1) is 0 Å². The molecule has 0 amide bonds. The molecule has 0 aliphatic carbocycles. The Morgan fingerprint density at radius 3 is 0.857 bits per heavy atom. The van der Waals surface area contributed by atoms with Crippen molar-refractivity contribution in [2.24, 2.45) is 0 Å². The van der Waals surface area contributed by atoms with Gasteiger partial charge >= 0.3 is 54.5 Å². The van der Waals surface area contributed by atoms with E-state index in [1.165, 1.54) is 0 Å². The van der Waals surface area contributed by atoms with Crippen LogP contribution < -0.4 is 0 Å². The maximum Gasteiger partial charge on any atom is 0 e. The molecule has 7 heavy (non-hydrogen) atoms. The molecule has 0 aliphatic rings. The van der Waals surface area contributed by atoms with Gasteiger partial charge in [0.1, 0.15) is 0 Å². The second-order valence-electron chi connectivity index (χ2n) is 0.600. The van der Waals surface area contributed by atoms with Gasteiger partial charge in [-0.25, -0.2) is 0 Å². The van der Waals surface area contributed by atoms with E-state index in [1.807, 2.05) is 0 Å². The van der Waals surface area contributed by atoms with Crippen molar-refractivity contribution in [3.8, 4) is 0 Å². The third kappa shape index (κ3) is 63.6. The summed E-state index contributed by atoms with van der Waals surface area (Å²) in [6.45, 7) is 0. The predicted octanol–water partition coefficient (Wildman–Crippen LogP) is -3.53. The zero-order valence-electron chi connectivity index (χ0n) is 2.79. The Morgan fingerprint density at radius 2 is 0.857 bits per heavy atom. The van der Waals surface area contributed by atoms with Gasteiger partial charge in [-0.1, -0.05) is 0 Å². The molecule has 40 valence electrons. The normalized spacial score (nSPS) is 8.57. The van der Waals surface area contributed by atoms with Crippen molar-refractivity contribution < 1.29 is 40.9 Å². The van der Waals surface area contributed by atoms with Crippen LogP contribution in [0.1, 0.15) is 0 Å². The van der Waals surface area contributed by atoms with E-state index in [0.717, 1.165) is 0 Å². The molecule has 0 unspecified atom stereocenters. The Bertz CT molecular complexity index is 27.2. The van der Waals surface area contributed by atoms with E-state index in [-0.39, 0.29) is 67.2 Å².